The van der Waals surface area contributed by atoms with Crippen LogP contribution in [0.3, 0.4) is 0 Å². The SMILES string of the molecule is CO[C@@]12[C@H](COC(N)=O)C3=C(C(=O)C(C)C(=NCCSSCCC(=O)NN=C(C)CCC(=O)NCC(NC(=O)CCC(NC(=O)c4ccc(NCc5cnc6nc(N)[nH]c(=O)c6n5)cc4)C(=O)O)C(=O)O)C3=O)N1C[C@@H]1N[C@@H]12. The Morgan fingerprint density at radius 3 is 2.38 bits per heavy atom. The summed E-state index contributed by atoms with van der Waals surface area (Å²) in [5.41, 5.74) is 13.7. The highest BCUT2D eigenvalue weighted by Crippen LogP contribution is 2.55. The number of carboxylic acids is 2. The topological polar surface area (TPSA) is 446 Å². The van der Waals surface area contributed by atoms with Crippen LogP contribution in [0, 0.1) is 11.8 Å². The van der Waals surface area contributed by atoms with Crippen LogP contribution in [0.15, 0.2) is 56.6 Å². The summed E-state index contributed by atoms with van der Waals surface area (Å²) in [6.45, 7) is 3.30. The van der Waals surface area contributed by atoms with Crippen LogP contribution in [0.5, 0.6) is 0 Å². The number of benzene rings is 1. The Hall–Kier alpha value is -8.03. The Kier molecular flexibility index (Phi) is 18.8. The van der Waals surface area contributed by atoms with E-state index in [2.05, 4.69) is 62.0 Å². The van der Waals surface area contributed by atoms with Crippen molar-refractivity contribution < 1.29 is 62.8 Å². The number of aromatic amines is 1. The summed E-state index contributed by atoms with van der Waals surface area (Å²) in [4.78, 5) is 147. The van der Waals surface area contributed by atoms with Gasteiger partial charge in [-0.05, 0) is 51.0 Å². The molecule has 3 aromatic rings. The Morgan fingerprint density at radius 2 is 1.68 bits per heavy atom. The number of nitrogens with zero attached hydrogens (tertiary/aromatic N) is 6. The molecule has 29 nitrogen and oxygen atoms in total. The number of nitrogen functional groups attached to an aromatic ring is 1. The minimum atomic E-state index is -1.57. The number of hydrogen-bond acceptors (Lipinski definition) is 23. The van der Waals surface area contributed by atoms with Crippen molar-refractivity contribution in [3.05, 3.63) is 63.3 Å². The second-order valence-electron chi connectivity index (χ2n) is 18.3. The lowest BCUT2D eigenvalue weighted by Crippen LogP contribution is -2.55. The summed E-state index contributed by atoms with van der Waals surface area (Å²) in [6.07, 6.45) is -0.404. The standard InChI is InChI=1S/C47H57N15O14S2/c1-21(60-61-32(65)12-14-77-78-15-13-50-34-22(2)37(66)36-33(38(34)67)26(20-76-46(49)74)47(75-3)39-29(56-39)19-62(36)47)4-10-30(63)52-18-28(44(72)73)55-31(64)11-9-27(43(70)71)57-41(68)23-5-7-24(8-6-23)51-16-25-17-53-40-35(54-25)42(69)59-45(48)58-40/h5-8,17,22,26-29,39,51,56H,4,9-16,18-20H2,1-3H3,(H2,49,74)(H,52,63)(H,55,64)(H,57,68)(H,61,65)(H,70,71)(H,72,73)(H3,48,53,58,59,69)/t22?,26-,27?,28?,29+,39+,47-/m1/s1. The minimum absolute atomic E-state index is 0.00462. The Balaban J connectivity index is 0.759. The number of ether oxygens (including phenoxy) is 2. The number of carbonyl (C=O) groups is 9. The number of methoxy groups -OCH3 is 1. The lowest BCUT2D eigenvalue weighted by Gasteiger charge is -2.39. The number of hydrogen-bond donors (Lipinski definition) is 11. The zero-order chi connectivity index (χ0) is 56.4. The van der Waals surface area contributed by atoms with Gasteiger partial charge in [-0.2, -0.15) is 10.1 Å². The van der Waals surface area contributed by atoms with Crippen LogP contribution in [-0.2, 0) is 49.6 Å². The summed E-state index contributed by atoms with van der Waals surface area (Å²) in [6, 6.07) is 2.78. The number of carbonyl (C=O) groups excluding carboxylic acids is 7. The molecule has 1 aromatic carbocycles. The van der Waals surface area contributed by atoms with Crippen molar-refractivity contribution in [2.24, 2.45) is 27.7 Å². The molecule has 3 aliphatic heterocycles. The molecular formula is C47H57N15O14S2. The number of nitrogens with one attached hydrogen (secondary N) is 7. The van der Waals surface area contributed by atoms with E-state index in [9.17, 15) is 58.2 Å². The van der Waals surface area contributed by atoms with E-state index in [1.807, 2.05) is 4.90 Å². The number of aliphatic carboxylic acids is 2. The smallest absolute Gasteiger partial charge is 0.404 e. The van der Waals surface area contributed by atoms with Crippen LogP contribution < -0.4 is 49.0 Å². The van der Waals surface area contributed by atoms with Gasteiger partial charge in [0.2, 0.25) is 29.5 Å². The highest BCUT2D eigenvalue weighted by atomic mass is 33.1. The average Bonchev–Trinajstić information content (AvgIpc) is 3.33. The average molecular weight is 1120 g/mol. The van der Waals surface area contributed by atoms with Crippen LogP contribution in [-0.4, -0.2) is 174 Å². The number of aliphatic imine (C=N–C) groups is 1. The van der Waals surface area contributed by atoms with Crippen molar-refractivity contribution >= 4 is 109 Å². The van der Waals surface area contributed by atoms with Gasteiger partial charge in [-0.25, -0.2) is 29.8 Å². The number of nitrogens with two attached hydrogens (primary N) is 2. The van der Waals surface area contributed by atoms with Crippen LogP contribution in [0.4, 0.5) is 16.4 Å². The molecule has 0 radical (unpaired) electrons. The predicted octanol–water partition coefficient (Wildman–Crippen LogP) is -1.19. The first-order valence-electron chi connectivity index (χ1n) is 24.3. The zero-order valence-electron chi connectivity index (χ0n) is 42.3. The van der Waals surface area contributed by atoms with Crippen molar-refractivity contribution in [1.82, 2.24) is 51.5 Å². The number of H-pyrrole nitrogens is 1. The number of ketones is 2. The first kappa shape index (κ1) is 57.7. The molecule has 1 aliphatic carbocycles. The quantitative estimate of drug-likeness (QED) is 0.0140. The van der Waals surface area contributed by atoms with Gasteiger partial charge in [0, 0.05) is 86.1 Å². The van der Waals surface area contributed by atoms with Crippen molar-refractivity contribution in [3.63, 3.8) is 0 Å². The van der Waals surface area contributed by atoms with Gasteiger partial charge in [-0.3, -0.25) is 43.5 Å². The van der Waals surface area contributed by atoms with Crippen LogP contribution in [0.1, 0.15) is 62.0 Å². The summed E-state index contributed by atoms with van der Waals surface area (Å²) in [7, 11) is 4.31. The lowest BCUT2D eigenvalue weighted by molar-refractivity contribution is -0.142. The van der Waals surface area contributed by atoms with Crippen molar-refractivity contribution in [2.45, 2.75) is 82.4 Å². The monoisotopic (exact) mass is 1120 g/mol. The van der Waals surface area contributed by atoms with Gasteiger partial charge in [-0.1, -0.05) is 21.6 Å². The second-order valence-corrected chi connectivity index (χ2v) is 21.0. The number of carboxylic acid groups (broad SMARTS) is 2. The van der Waals surface area contributed by atoms with Crippen LogP contribution >= 0.6 is 21.6 Å². The van der Waals surface area contributed by atoms with E-state index in [0.29, 0.717) is 35.1 Å². The normalized spacial score (nSPS) is 21.5. The van der Waals surface area contributed by atoms with Gasteiger partial charge in [0.05, 0.1) is 47.7 Å². The lowest BCUT2D eigenvalue weighted by atomic mass is 9.78. The predicted molar refractivity (Wildman–Crippen MR) is 282 cm³/mol. The third-order valence-electron chi connectivity index (χ3n) is 13.1. The molecule has 78 heavy (non-hydrogen) atoms. The van der Waals surface area contributed by atoms with Crippen molar-refractivity contribution in [1.29, 1.82) is 0 Å². The molecule has 2 aromatic heterocycles. The number of aromatic nitrogens is 4. The molecule has 3 unspecified atom stereocenters. The first-order chi connectivity index (χ1) is 37.2. The van der Waals surface area contributed by atoms with Gasteiger partial charge in [0.1, 0.15) is 18.7 Å². The molecule has 5 heterocycles. The maximum atomic E-state index is 14.0. The molecule has 5 amide bonds. The van der Waals surface area contributed by atoms with Crippen molar-refractivity contribution in [2.75, 3.05) is 55.9 Å². The molecule has 31 heteroatoms. The van der Waals surface area contributed by atoms with Crippen LogP contribution in [0.25, 0.3) is 11.2 Å². The Labute approximate surface area is 451 Å². The maximum absolute atomic E-state index is 14.0. The van der Waals surface area contributed by atoms with Crippen LogP contribution in [0.2, 0.25) is 0 Å². The van der Waals surface area contributed by atoms with E-state index in [1.54, 1.807) is 26.0 Å². The number of hydrazone groups is 1. The molecule has 4 aliphatic rings. The van der Waals surface area contributed by atoms with E-state index in [4.69, 9.17) is 20.9 Å². The number of primary amides is 1. The molecule has 7 atom stereocenters. The molecule has 0 spiro atoms. The largest absolute Gasteiger partial charge is 0.480 e. The fraction of sp³-hybridized carbons (Fsp3) is 0.468. The molecular weight excluding hydrogens is 1060 g/mol. The number of fused-ring (bicyclic) bond motifs is 5. The van der Waals surface area contributed by atoms with Gasteiger partial charge in [0.15, 0.2) is 22.7 Å². The Bertz CT molecular complexity index is 3050. The molecule has 13 N–H and O–H groups in total. The van der Waals surface area contributed by atoms with Gasteiger partial charge < -0.3 is 62.6 Å². The summed E-state index contributed by atoms with van der Waals surface area (Å²) >= 11 is 0. The fourth-order valence-electron chi connectivity index (χ4n) is 9.14. The molecule has 2 fully saturated rings. The molecule has 416 valence electrons. The molecule has 7 rings (SSSR count). The van der Waals surface area contributed by atoms with Crippen molar-refractivity contribution in [3.8, 4) is 0 Å². The number of piperazine rings is 1. The minimum Gasteiger partial charge on any atom is -0.480 e. The number of amides is 5. The number of Topliss-reactive ketones (excluding diaryl/α,β-unsaturated/α-hetero) is 2. The van der Waals surface area contributed by atoms with Gasteiger partial charge in [0.25, 0.3) is 11.5 Å². The molecule has 2 saturated heterocycles. The van der Waals surface area contributed by atoms with E-state index in [1.165, 1.54) is 47.0 Å². The van der Waals surface area contributed by atoms with E-state index < -0.39 is 96.1 Å². The number of anilines is 2. The van der Waals surface area contributed by atoms with E-state index >= 15 is 0 Å². The summed E-state index contributed by atoms with van der Waals surface area (Å²) < 4.78 is 11.1. The molecule has 0 bridgehead atoms. The summed E-state index contributed by atoms with van der Waals surface area (Å²) in [5, 5.41) is 36.8. The van der Waals surface area contributed by atoms with E-state index in [-0.39, 0.29) is 102 Å². The third-order valence-corrected chi connectivity index (χ3v) is 15.5. The Morgan fingerprint density at radius 1 is 0.949 bits per heavy atom. The number of allylic oxidation sites excluding steroid dienone is 1. The number of rotatable bonds is 27. The van der Waals surface area contributed by atoms with Gasteiger partial charge >= 0.3 is 18.0 Å². The van der Waals surface area contributed by atoms with E-state index in [0.717, 1.165) is 0 Å². The maximum Gasteiger partial charge on any atom is 0.404 e. The zero-order valence-corrected chi connectivity index (χ0v) is 43.9. The third kappa shape index (κ3) is 13.6. The second kappa shape index (κ2) is 25.4. The van der Waals surface area contributed by atoms with Gasteiger partial charge in [-0.15, -0.1) is 0 Å². The highest BCUT2D eigenvalue weighted by molar-refractivity contribution is 8.76. The molecule has 0 saturated carbocycles. The first-order valence-corrected chi connectivity index (χ1v) is 26.8. The summed E-state index contributed by atoms with van der Waals surface area (Å²) in [5.74, 6) is -6.91. The highest BCUT2D eigenvalue weighted by Gasteiger charge is 2.73. The fourth-order valence-corrected chi connectivity index (χ4v) is 11.0.